The smallest absolute Gasteiger partial charge is 0.406 e. The molecule has 0 atom stereocenters. The van der Waals surface area contributed by atoms with Crippen LogP contribution in [0.1, 0.15) is 37.0 Å². The Morgan fingerprint density at radius 3 is 2.29 bits per heavy atom. The number of nitrogens with zero attached hydrogens (tertiary/aromatic N) is 1. The first-order chi connectivity index (χ1) is 17.9. The summed E-state index contributed by atoms with van der Waals surface area (Å²) in [5.41, 5.74) is 3.09. The van der Waals surface area contributed by atoms with Crippen LogP contribution in [0.4, 0.5) is 27.6 Å². The number of hydrogen-bond donors (Lipinski definition) is 3. The number of nitrogens with one attached hydrogen (secondary N) is 1. The quantitative estimate of drug-likeness (QED) is 0.188. The van der Waals surface area contributed by atoms with E-state index in [1.54, 1.807) is 19.9 Å². The molecule has 0 unspecified atom stereocenters. The number of aliphatic hydroxyl groups is 2. The molecule has 0 spiro atoms. The van der Waals surface area contributed by atoms with Crippen molar-refractivity contribution >= 4 is 11.6 Å². The number of amides is 1. The van der Waals surface area contributed by atoms with E-state index in [-0.39, 0.29) is 25.3 Å². The Labute approximate surface area is 219 Å². The number of alkyl halides is 5. The number of allylic oxidation sites excluding steroid dienone is 1. The zero-order valence-electron chi connectivity index (χ0n) is 21.7. The minimum atomic E-state index is -4.85. The van der Waals surface area contributed by atoms with Crippen molar-refractivity contribution in [2.45, 2.75) is 53.1 Å². The van der Waals surface area contributed by atoms with Crippen LogP contribution in [-0.2, 0) is 17.8 Å². The van der Waals surface area contributed by atoms with Gasteiger partial charge in [-0.1, -0.05) is 31.2 Å². The van der Waals surface area contributed by atoms with E-state index in [2.05, 4.69) is 16.6 Å². The zero-order chi connectivity index (χ0) is 29.0. The third kappa shape index (κ3) is 9.14. The predicted molar refractivity (Wildman–Crippen MR) is 137 cm³/mol. The van der Waals surface area contributed by atoms with Gasteiger partial charge in [-0.3, -0.25) is 9.69 Å². The fraction of sp³-hybridized carbons (Fsp3) is 0.370. The van der Waals surface area contributed by atoms with Crippen LogP contribution in [0.2, 0.25) is 0 Å². The summed E-state index contributed by atoms with van der Waals surface area (Å²) in [7, 11) is 1.00. The standard InChI is InChI=1S/C26H29F5N2O3.CH4O/c1-5-16(3)15-33(25(27)28)24-17(4)22(18-7-9-20(10-8-18)36-26(29,30)31)13-19(21(24)11-12-34)14-32-23(35)6-2;1-2/h6-10,13,15,25,34H,2,5,11-12,14H2,1,3-4H3,(H,32,35);2H,1H3/b16-15+;. The Hall–Kier alpha value is -3.44. The number of hydrogen-bond acceptors (Lipinski definition) is 5. The first-order valence-corrected chi connectivity index (χ1v) is 11.6. The summed E-state index contributed by atoms with van der Waals surface area (Å²) < 4.78 is 70.3. The van der Waals surface area contributed by atoms with E-state index in [0.29, 0.717) is 39.8 Å². The van der Waals surface area contributed by atoms with Crippen LogP contribution in [0.3, 0.4) is 0 Å². The summed E-state index contributed by atoms with van der Waals surface area (Å²) in [5.74, 6) is -0.898. The molecule has 0 fully saturated rings. The van der Waals surface area contributed by atoms with Crippen molar-refractivity contribution in [1.29, 1.82) is 0 Å². The van der Waals surface area contributed by atoms with Crippen molar-refractivity contribution in [2.24, 2.45) is 0 Å². The predicted octanol–water partition coefficient (Wildman–Crippen LogP) is 5.85. The van der Waals surface area contributed by atoms with Crippen molar-refractivity contribution in [3.8, 4) is 16.9 Å². The van der Waals surface area contributed by atoms with Crippen molar-refractivity contribution in [2.75, 3.05) is 18.6 Å². The Balaban J connectivity index is 0.00000352. The summed E-state index contributed by atoms with van der Waals surface area (Å²) in [6.07, 6.45) is -1.88. The first kappa shape index (κ1) is 32.6. The second kappa shape index (κ2) is 15.1. The molecule has 11 heteroatoms. The van der Waals surface area contributed by atoms with Crippen LogP contribution in [0.25, 0.3) is 11.1 Å². The fourth-order valence-corrected chi connectivity index (χ4v) is 3.71. The van der Waals surface area contributed by atoms with Gasteiger partial charge < -0.3 is 20.3 Å². The normalized spacial score (nSPS) is 11.5. The molecule has 38 heavy (non-hydrogen) atoms. The van der Waals surface area contributed by atoms with Gasteiger partial charge in [0.05, 0.1) is 5.69 Å². The first-order valence-electron chi connectivity index (χ1n) is 11.6. The summed E-state index contributed by atoms with van der Waals surface area (Å²) in [6.45, 7) is 5.28. The van der Waals surface area contributed by atoms with Gasteiger partial charge in [0.2, 0.25) is 5.91 Å². The average molecular weight is 545 g/mol. The molecular formula is C27H33F5N2O4. The van der Waals surface area contributed by atoms with Crippen LogP contribution in [0.15, 0.2) is 54.8 Å². The lowest BCUT2D eigenvalue weighted by Gasteiger charge is -2.29. The largest absolute Gasteiger partial charge is 0.573 e. The molecule has 2 rings (SSSR count). The molecule has 0 bridgehead atoms. The van der Waals surface area contributed by atoms with E-state index < -0.39 is 24.6 Å². The molecule has 0 radical (unpaired) electrons. The topological polar surface area (TPSA) is 82.0 Å². The Bertz CT molecular complexity index is 1100. The fourth-order valence-electron chi connectivity index (χ4n) is 3.71. The Morgan fingerprint density at radius 2 is 1.82 bits per heavy atom. The van der Waals surface area contributed by atoms with Crippen LogP contribution in [0.5, 0.6) is 5.75 Å². The van der Waals surface area contributed by atoms with E-state index >= 15 is 0 Å². The van der Waals surface area contributed by atoms with Gasteiger partial charge in [0, 0.05) is 26.5 Å². The number of anilines is 1. The van der Waals surface area contributed by atoms with Gasteiger partial charge >= 0.3 is 12.9 Å². The maximum atomic E-state index is 14.3. The van der Waals surface area contributed by atoms with E-state index in [9.17, 15) is 31.9 Å². The number of ether oxygens (including phenoxy) is 1. The van der Waals surface area contributed by atoms with Crippen molar-refractivity contribution in [3.05, 3.63) is 71.5 Å². The van der Waals surface area contributed by atoms with Crippen LogP contribution < -0.4 is 15.0 Å². The van der Waals surface area contributed by atoms with Gasteiger partial charge in [-0.2, -0.15) is 8.78 Å². The number of carbonyl (C=O) groups excluding carboxylic acids is 1. The zero-order valence-corrected chi connectivity index (χ0v) is 21.7. The molecule has 2 aromatic rings. The molecule has 0 aliphatic carbocycles. The van der Waals surface area contributed by atoms with E-state index in [1.165, 1.54) is 18.3 Å². The average Bonchev–Trinajstić information content (AvgIpc) is 2.87. The lowest BCUT2D eigenvalue weighted by Crippen LogP contribution is -2.27. The molecule has 0 saturated heterocycles. The SMILES string of the molecule is C=CC(=O)NCc1cc(-c2ccc(OC(F)(F)F)cc2)c(C)c(N(/C=C(\C)CC)C(F)F)c1CCO.CO. The number of benzene rings is 2. The minimum absolute atomic E-state index is 0.0380. The van der Waals surface area contributed by atoms with Crippen molar-refractivity contribution in [3.63, 3.8) is 0 Å². The summed E-state index contributed by atoms with van der Waals surface area (Å²) in [5, 5.41) is 19.3. The van der Waals surface area contributed by atoms with E-state index in [4.69, 9.17) is 5.11 Å². The molecule has 210 valence electrons. The van der Waals surface area contributed by atoms with Gasteiger partial charge in [0.1, 0.15) is 5.75 Å². The highest BCUT2D eigenvalue weighted by atomic mass is 19.4. The molecule has 0 aliphatic heterocycles. The van der Waals surface area contributed by atoms with Crippen LogP contribution in [-0.4, -0.2) is 42.7 Å². The molecule has 0 aromatic heterocycles. The molecule has 1 amide bonds. The molecule has 2 aromatic carbocycles. The lowest BCUT2D eigenvalue weighted by molar-refractivity contribution is -0.274. The van der Waals surface area contributed by atoms with Gasteiger partial charge in [0.15, 0.2) is 0 Å². The third-order valence-electron chi connectivity index (χ3n) is 5.54. The monoisotopic (exact) mass is 544 g/mol. The molecular weight excluding hydrogens is 511 g/mol. The van der Waals surface area contributed by atoms with Crippen LogP contribution >= 0.6 is 0 Å². The van der Waals surface area contributed by atoms with E-state index in [0.717, 1.165) is 30.2 Å². The molecule has 0 heterocycles. The number of aliphatic hydroxyl groups excluding tert-OH is 2. The lowest BCUT2D eigenvalue weighted by atomic mass is 9.90. The second-order valence-electron chi connectivity index (χ2n) is 8.02. The molecule has 0 saturated carbocycles. The minimum Gasteiger partial charge on any atom is -0.406 e. The Morgan fingerprint density at radius 1 is 1.21 bits per heavy atom. The highest BCUT2D eigenvalue weighted by molar-refractivity contribution is 5.87. The van der Waals surface area contributed by atoms with Crippen molar-refractivity contribution < 1.29 is 41.7 Å². The molecule has 0 aliphatic rings. The summed E-state index contributed by atoms with van der Waals surface area (Å²) >= 11 is 0. The maximum absolute atomic E-state index is 14.3. The van der Waals surface area contributed by atoms with Gasteiger partial charge in [-0.15, -0.1) is 13.2 Å². The van der Waals surface area contributed by atoms with Gasteiger partial charge in [0.25, 0.3) is 0 Å². The highest BCUT2D eigenvalue weighted by Gasteiger charge is 2.31. The number of carbonyl (C=O) groups is 1. The van der Waals surface area contributed by atoms with Crippen LogP contribution in [0, 0.1) is 6.92 Å². The third-order valence-corrected chi connectivity index (χ3v) is 5.54. The number of rotatable bonds is 11. The van der Waals surface area contributed by atoms with Gasteiger partial charge in [-0.25, -0.2) is 0 Å². The Kier molecular flexibility index (Phi) is 12.9. The van der Waals surface area contributed by atoms with Crippen molar-refractivity contribution in [1.82, 2.24) is 5.32 Å². The molecule has 3 N–H and O–H groups in total. The van der Waals surface area contributed by atoms with E-state index in [1.807, 2.05) is 6.92 Å². The molecule has 6 nitrogen and oxygen atoms in total. The summed E-state index contributed by atoms with van der Waals surface area (Å²) in [4.78, 5) is 12.6. The number of halogens is 5. The maximum Gasteiger partial charge on any atom is 0.573 e. The van der Waals surface area contributed by atoms with Gasteiger partial charge in [-0.05, 0) is 78.8 Å². The second-order valence-corrected chi connectivity index (χ2v) is 8.02. The summed E-state index contributed by atoms with van der Waals surface area (Å²) in [6, 6.07) is 6.73. The highest BCUT2D eigenvalue weighted by Crippen LogP contribution is 2.39.